The number of hydrogen-bond donors (Lipinski definition) is 3. The van der Waals surface area contributed by atoms with Gasteiger partial charge in [-0.2, -0.15) is 10.5 Å². The fraction of sp³-hybridized carbons (Fsp3) is 0.295. The van der Waals surface area contributed by atoms with Crippen molar-refractivity contribution in [1.29, 1.82) is 10.5 Å². The maximum atomic E-state index is 11.6. The summed E-state index contributed by atoms with van der Waals surface area (Å²) in [7, 11) is 0. The highest BCUT2D eigenvalue weighted by Crippen LogP contribution is 2.41. The number of ether oxygens (including phenoxy) is 2. The zero-order valence-electron chi connectivity index (χ0n) is 32.5. The summed E-state index contributed by atoms with van der Waals surface area (Å²) >= 11 is 3.00. The number of carbonyl (C=O) groups excluding carboxylic acids is 1. The van der Waals surface area contributed by atoms with E-state index in [9.17, 15) is 15.3 Å². The fourth-order valence-electron chi connectivity index (χ4n) is 7.24. The van der Waals surface area contributed by atoms with Gasteiger partial charge in [0.15, 0.2) is 0 Å². The summed E-state index contributed by atoms with van der Waals surface area (Å²) < 4.78 is 11.4. The summed E-state index contributed by atoms with van der Waals surface area (Å²) in [6.07, 6.45) is 3.55. The van der Waals surface area contributed by atoms with Crippen LogP contribution in [0.3, 0.4) is 0 Å². The van der Waals surface area contributed by atoms with Crippen molar-refractivity contribution >= 4 is 28.6 Å². The summed E-state index contributed by atoms with van der Waals surface area (Å²) in [4.78, 5) is 11.6. The fourth-order valence-corrected chi connectivity index (χ4v) is 9.03. The molecule has 8 rings (SSSR count). The maximum Gasteiger partial charge on any atom is 0.246 e. The summed E-state index contributed by atoms with van der Waals surface area (Å²) in [5.41, 5.74) is 15.7. The third-order valence-corrected chi connectivity index (χ3v) is 11.8. The molecule has 0 bridgehead atoms. The Balaban J connectivity index is 0.000000178. The lowest BCUT2D eigenvalue weighted by Gasteiger charge is -2.13. The van der Waals surface area contributed by atoms with E-state index in [-0.39, 0.29) is 30.2 Å². The molecule has 4 N–H and O–H groups in total. The van der Waals surface area contributed by atoms with Gasteiger partial charge in [-0.3, -0.25) is 4.79 Å². The minimum atomic E-state index is -0.517. The van der Waals surface area contributed by atoms with Crippen LogP contribution in [0.25, 0.3) is 42.3 Å². The molecule has 1 amide bonds. The monoisotopic (exact) mass is 810 g/mol. The minimum Gasteiger partial charge on any atom is -0.490 e. The van der Waals surface area contributed by atoms with Crippen LogP contribution < -0.4 is 20.5 Å². The molecular weight excluding hydrogens is 769 g/mol. The van der Waals surface area contributed by atoms with Crippen LogP contribution in [-0.4, -0.2) is 50.2 Å². The zero-order valence-corrected chi connectivity index (χ0v) is 34.2. The Morgan fingerprint density at radius 2 is 1.24 bits per heavy atom. The minimum absolute atomic E-state index is 0.0163. The summed E-state index contributed by atoms with van der Waals surface area (Å²) in [5.74, 6) is 0.776. The number of nitriles is 2. The van der Waals surface area contributed by atoms with Crippen molar-refractivity contribution in [2.45, 2.75) is 77.7 Å². The number of hydrogen-bond acceptors (Lipinski definition) is 13. The second kappa shape index (κ2) is 17.6. The van der Waals surface area contributed by atoms with Crippen molar-refractivity contribution in [3.8, 4) is 65.9 Å². The molecule has 2 atom stereocenters. The Hall–Kier alpha value is -6.03. The molecule has 14 heteroatoms. The highest BCUT2D eigenvalue weighted by Gasteiger charge is 2.28. The summed E-state index contributed by atoms with van der Waals surface area (Å²) in [5, 5.41) is 51.5. The standard InChI is InChI=1S/C23H22N4O3S.C21H20N4OS/c1-13(2)30-20-9-6-14(10-15(20)11-24)22-26-27-23(31-22)18-5-3-4-17-16(18)7-8-19(17)25-21(29)12-28;1-12(2)26-19-9-6-13(10-14(19)11-22)20-24-25-21(27-20)17-5-3-4-16-15(17)7-8-18(16)23/h3-6,9-10,13,19,28H,7-8,12H2,1-2H3,(H,25,29);3-6,9-10,12,18H,7-8,23H2,1-2H3/t19-;18-/m00/s1. The van der Waals surface area contributed by atoms with Crippen molar-refractivity contribution in [2.75, 3.05) is 6.61 Å². The van der Waals surface area contributed by atoms with Gasteiger partial charge >= 0.3 is 0 Å². The van der Waals surface area contributed by atoms with Crippen LogP contribution in [0.4, 0.5) is 0 Å². The molecule has 2 aliphatic rings. The highest BCUT2D eigenvalue weighted by atomic mass is 32.1. The Kier molecular flexibility index (Phi) is 12.2. The Morgan fingerprint density at radius 1 is 0.759 bits per heavy atom. The molecule has 0 spiro atoms. The zero-order chi connectivity index (χ0) is 40.9. The normalized spacial score (nSPS) is 15.2. The van der Waals surface area contributed by atoms with Crippen LogP contribution in [-0.2, 0) is 17.6 Å². The first kappa shape index (κ1) is 40.2. The second-order valence-electron chi connectivity index (χ2n) is 14.5. The molecular formula is C44H42N8O4S2. The van der Waals surface area contributed by atoms with Crippen LogP contribution in [0, 0.1) is 22.7 Å². The number of benzene rings is 4. The predicted octanol–water partition coefficient (Wildman–Crippen LogP) is 8.10. The van der Waals surface area contributed by atoms with Gasteiger partial charge in [-0.05, 0) is 112 Å². The lowest BCUT2D eigenvalue weighted by molar-refractivity contribution is -0.124. The smallest absolute Gasteiger partial charge is 0.246 e. The van der Waals surface area contributed by atoms with Gasteiger partial charge in [0.05, 0.1) is 29.4 Å². The van der Waals surface area contributed by atoms with Crippen LogP contribution >= 0.6 is 22.7 Å². The maximum absolute atomic E-state index is 11.6. The van der Waals surface area contributed by atoms with E-state index in [4.69, 9.17) is 20.3 Å². The van der Waals surface area contributed by atoms with Gasteiger partial charge in [0.1, 0.15) is 50.3 Å². The molecule has 12 nitrogen and oxygen atoms in total. The summed E-state index contributed by atoms with van der Waals surface area (Å²) in [6, 6.07) is 27.6. The van der Waals surface area contributed by atoms with E-state index >= 15 is 0 Å². The quantitative estimate of drug-likeness (QED) is 0.121. The van der Waals surface area contributed by atoms with Crippen molar-refractivity contribution in [1.82, 2.24) is 25.7 Å². The van der Waals surface area contributed by atoms with E-state index in [0.717, 1.165) is 79.1 Å². The molecule has 2 aliphatic carbocycles. The average Bonchev–Trinajstić information content (AvgIpc) is 4.06. The number of aliphatic hydroxyl groups excluding tert-OH is 1. The molecule has 4 aromatic carbocycles. The number of nitrogens with one attached hydrogen (secondary N) is 1. The summed E-state index contributed by atoms with van der Waals surface area (Å²) in [6.45, 7) is 7.21. The van der Waals surface area contributed by atoms with E-state index in [0.29, 0.717) is 22.6 Å². The van der Waals surface area contributed by atoms with Gasteiger partial charge in [0.25, 0.3) is 0 Å². The van der Waals surface area contributed by atoms with E-state index in [1.54, 1.807) is 12.1 Å². The molecule has 294 valence electrons. The van der Waals surface area contributed by atoms with Gasteiger partial charge in [-0.25, -0.2) is 0 Å². The molecule has 0 unspecified atom stereocenters. The Morgan fingerprint density at radius 3 is 1.74 bits per heavy atom. The molecule has 0 radical (unpaired) electrons. The molecule has 0 aliphatic heterocycles. The van der Waals surface area contributed by atoms with Gasteiger partial charge < -0.3 is 25.6 Å². The van der Waals surface area contributed by atoms with Crippen molar-refractivity contribution < 1.29 is 19.4 Å². The van der Waals surface area contributed by atoms with Crippen LogP contribution in [0.1, 0.15) is 86.0 Å². The number of rotatable bonds is 10. The first-order valence-electron chi connectivity index (χ1n) is 19.1. The predicted molar refractivity (Wildman–Crippen MR) is 224 cm³/mol. The topological polar surface area (TPSA) is 193 Å². The largest absolute Gasteiger partial charge is 0.490 e. The van der Waals surface area contributed by atoms with Gasteiger partial charge in [-0.1, -0.05) is 59.1 Å². The third-order valence-electron chi connectivity index (χ3n) is 9.80. The molecule has 0 saturated carbocycles. The molecule has 0 fully saturated rings. The third kappa shape index (κ3) is 8.61. The van der Waals surface area contributed by atoms with Crippen LogP contribution in [0.5, 0.6) is 11.5 Å². The molecule has 0 saturated heterocycles. The number of amides is 1. The number of nitrogens with two attached hydrogens (primary N) is 1. The first-order valence-corrected chi connectivity index (χ1v) is 20.7. The molecule has 58 heavy (non-hydrogen) atoms. The Bertz CT molecular complexity index is 2550. The van der Waals surface area contributed by atoms with E-state index < -0.39 is 6.61 Å². The number of aliphatic hydroxyl groups is 1. The van der Waals surface area contributed by atoms with Crippen LogP contribution in [0.2, 0.25) is 0 Å². The van der Waals surface area contributed by atoms with Crippen molar-refractivity contribution in [3.63, 3.8) is 0 Å². The number of aromatic nitrogens is 4. The van der Waals surface area contributed by atoms with E-state index in [2.05, 4.69) is 50.0 Å². The van der Waals surface area contributed by atoms with Crippen molar-refractivity contribution in [2.24, 2.45) is 5.73 Å². The van der Waals surface area contributed by atoms with Gasteiger partial charge in [0.2, 0.25) is 5.91 Å². The average molecular weight is 811 g/mol. The Labute approximate surface area is 345 Å². The first-order chi connectivity index (χ1) is 28.1. The van der Waals surface area contributed by atoms with Crippen molar-refractivity contribution in [3.05, 3.63) is 106 Å². The molecule has 2 heterocycles. The van der Waals surface area contributed by atoms with Gasteiger partial charge in [0, 0.05) is 28.3 Å². The molecule has 6 aromatic rings. The van der Waals surface area contributed by atoms with E-state index in [1.165, 1.54) is 33.8 Å². The van der Waals surface area contributed by atoms with Gasteiger partial charge in [-0.15, -0.1) is 20.4 Å². The van der Waals surface area contributed by atoms with Crippen LogP contribution in [0.15, 0.2) is 72.8 Å². The SMILES string of the molecule is CC(C)Oc1ccc(-c2nnc(-c3cccc4c3CC[C@@H]4N)s2)cc1C#N.CC(C)Oc1ccc(-c2nnc(-c3cccc4c3CC[C@@H]4NC(=O)CO)s2)cc1C#N. The number of carbonyl (C=O) groups is 1. The van der Waals surface area contributed by atoms with E-state index in [1.807, 2.05) is 76.2 Å². The number of fused-ring (bicyclic) bond motifs is 2. The molecule has 2 aromatic heterocycles. The lowest BCUT2D eigenvalue weighted by atomic mass is 10.0. The lowest BCUT2D eigenvalue weighted by Crippen LogP contribution is -2.29. The number of nitrogens with zero attached hydrogens (tertiary/aromatic N) is 6. The highest BCUT2D eigenvalue weighted by molar-refractivity contribution is 7.18. The second-order valence-corrected chi connectivity index (χ2v) is 16.5.